The van der Waals surface area contributed by atoms with Crippen molar-refractivity contribution in [1.29, 1.82) is 0 Å². The molecule has 2 N–H and O–H groups in total. The van der Waals surface area contributed by atoms with Gasteiger partial charge in [0.1, 0.15) is 0 Å². The first-order valence-electron chi connectivity index (χ1n) is 4.23. The number of nitrogens with one attached hydrogen (secondary N) is 1. The topological polar surface area (TPSA) is 37.2 Å². The zero-order valence-corrected chi connectivity index (χ0v) is 7.25. The summed E-state index contributed by atoms with van der Waals surface area (Å²) in [6, 6.07) is 4.06. The fraction of sp³-hybridized carbons (Fsp3) is 0.556. The first-order valence-corrected chi connectivity index (χ1v) is 4.23. The molecule has 1 saturated heterocycles. The van der Waals surface area contributed by atoms with E-state index in [1.54, 1.807) is 0 Å². The summed E-state index contributed by atoms with van der Waals surface area (Å²) in [5.41, 5.74) is 0.700. The molecule has 0 aromatic carbocycles. The van der Waals surface area contributed by atoms with Crippen LogP contribution in [0.2, 0.25) is 0 Å². The Morgan fingerprint density at radius 2 is 2.42 bits per heavy atom. The smallest absolute Gasteiger partial charge is 0.0949 e. The van der Waals surface area contributed by atoms with Crippen LogP contribution in [0.15, 0.2) is 18.3 Å². The van der Waals surface area contributed by atoms with E-state index in [4.69, 9.17) is 0 Å². The number of nitrogens with zero attached hydrogens (tertiary/aromatic N) is 1. The molecule has 0 saturated carbocycles. The number of β-amino-alcohol motifs (C(OH)–C–C–N with tert-alkyl or cyclic N) is 1. The number of aryl methyl sites for hydroxylation is 1. The third kappa shape index (κ3) is 1.26. The molecule has 0 unspecified atom stereocenters. The molecule has 1 aliphatic rings. The predicted octanol–water partition coefficient (Wildman–Crippen LogP) is -0.0981. The van der Waals surface area contributed by atoms with Gasteiger partial charge in [-0.1, -0.05) is 0 Å². The number of hydrogen-bond donors (Lipinski definition) is 2. The second kappa shape index (κ2) is 2.61. The van der Waals surface area contributed by atoms with Crippen LogP contribution >= 0.6 is 0 Å². The van der Waals surface area contributed by atoms with E-state index in [0.29, 0.717) is 0 Å². The molecule has 3 nitrogen and oxygen atoms in total. The van der Waals surface area contributed by atoms with Crippen LogP contribution in [0, 0.1) is 0 Å². The van der Waals surface area contributed by atoms with Crippen molar-refractivity contribution >= 4 is 0 Å². The third-order valence-electron chi connectivity index (χ3n) is 2.47. The van der Waals surface area contributed by atoms with Gasteiger partial charge in [-0.2, -0.15) is 0 Å². The summed E-state index contributed by atoms with van der Waals surface area (Å²) in [6.07, 6.45) is 2.76. The van der Waals surface area contributed by atoms with Crippen molar-refractivity contribution in [1.82, 2.24) is 9.88 Å². The van der Waals surface area contributed by atoms with Crippen LogP contribution in [-0.2, 0) is 13.5 Å². The zero-order valence-electron chi connectivity index (χ0n) is 7.25. The van der Waals surface area contributed by atoms with Crippen molar-refractivity contribution in [3.8, 4) is 0 Å². The minimum Gasteiger partial charge on any atom is -0.387 e. The van der Waals surface area contributed by atoms with E-state index in [1.807, 2.05) is 19.3 Å². The van der Waals surface area contributed by atoms with Gasteiger partial charge in [-0.25, -0.2) is 0 Å². The summed E-state index contributed by atoms with van der Waals surface area (Å²) < 4.78 is 2.05. The van der Waals surface area contributed by atoms with Crippen molar-refractivity contribution in [2.45, 2.75) is 12.0 Å². The minimum atomic E-state index is -0.494. The van der Waals surface area contributed by atoms with E-state index >= 15 is 0 Å². The molecule has 0 bridgehead atoms. The highest BCUT2D eigenvalue weighted by Gasteiger charge is 2.34. The van der Waals surface area contributed by atoms with Gasteiger partial charge < -0.3 is 15.0 Å². The van der Waals surface area contributed by atoms with E-state index in [9.17, 15) is 5.11 Å². The molecular formula is C9H14N2O. The molecule has 1 fully saturated rings. The Morgan fingerprint density at radius 1 is 1.67 bits per heavy atom. The second-order valence-electron chi connectivity index (χ2n) is 3.62. The van der Waals surface area contributed by atoms with E-state index in [-0.39, 0.29) is 0 Å². The van der Waals surface area contributed by atoms with Crippen LogP contribution < -0.4 is 5.32 Å². The van der Waals surface area contributed by atoms with Gasteiger partial charge in [0, 0.05) is 38.4 Å². The lowest BCUT2D eigenvalue weighted by atomic mass is 9.91. The lowest BCUT2D eigenvalue weighted by Crippen LogP contribution is -2.60. The summed E-state index contributed by atoms with van der Waals surface area (Å²) in [5.74, 6) is 0. The van der Waals surface area contributed by atoms with Crippen LogP contribution in [0.5, 0.6) is 0 Å². The molecular weight excluding hydrogens is 152 g/mol. The highest BCUT2D eigenvalue weighted by atomic mass is 16.3. The summed E-state index contributed by atoms with van der Waals surface area (Å²) >= 11 is 0. The molecule has 2 rings (SSSR count). The van der Waals surface area contributed by atoms with Crippen LogP contribution in [0.25, 0.3) is 0 Å². The lowest BCUT2D eigenvalue weighted by molar-refractivity contribution is -0.0103. The first kappa shape index (κ1) is 7.83. The highest BCUT2D eigenvalue weighted by molar-refractivity contribution is 5.12. The van der Waals surface area contributed by atoms with Crippen molar-refractivity contribution < 1.29 is 5.11 Å². The molecule has 0 radical (unpaired) electrons. The second-order valence-corrected chi connectivity index (χ2v) is 3.62. The van der Waals surface area contributed by atoms with Crippen LogP contribution in [0.4, 0.5) is 0 Å². The molecule has 0 spiro atoms. The Labute approximate surface area is 72.0 Å². The standard InChI is InChI=1S/C9H14N2O/c1-11-4-2-3-8(11)5-9(12)6-10-7-9/h2-4,10,12H,5-7H2,1H3. The van der Waals surface area contributed by atoms with Crippen molar-refractivity contribution in [2.24, 2.45) is 7.05 Å². The van der Waals surface area contributed by atoms with Gasteiger partial charge in [0.25, 0.3) is 0 Å². The number of aromatic nitrogens is 1. The van der Waals surface area contributed by atoms with Crippen molar-refractivity contribution in [2.75, 3.05) is 13.1 Å². The number of hydrogen-bond acceptors (Lipinski definition) is 2. The van der Waals surface area contributed by atoms with Gasteiger partial charge >= 0.3 is 0 Å². The summed E-state index contributed by atoms with van der Waals surface area (Å²) in [6.45, 7) is 1.44. The SMILES string of the molecule is Cn1cccc1CC1(O)CNC1. The maximum Gasteiger partial charge on any atom is 0.0949 e. The van der Waals surface area contributed by atoms with E-state index < -0.39 is 5.60 Å². The van der Waals surface area contributed by atoms with E-state index in [2.05, 4.69) is 16.0 Å². The highest BCUT2D eigenvalue weighted by Crippen LogP contribution is 2.17. The molecule has 12 heavy (non-hydrogen) atoms. The predicted molar refractivity (Wildman–Crippen MR) is 46.9 cm³/mol. The van der Waals surface area contributed by atoms with Crippen molar-refractivity contribution in [3.63, 3.8) is 0 Å². The quantitative estimate of drug-likeness (QED) is 0.644. The van der Waals surface area contributed by atoms with Crippen LogP contribution in [-0.4, -0.2) is 28.4 Å². The Kier molecular flexibility index (Phi) is 1.70. The van der Waals surface area contributed by atoms with E-state index in [1.165, 1.54) is 5.69 Å². The lowest BCUT2D eigenvalue weighted by Gasteiger charge is -2.37. The van der Waals surface area contributed by atoms with Gasteiger partial charge in [0.05, 0.1) is 5.60 Å². The molecule has 66 valence electrons. The third-order valence-corrected chi connectivity index (χ3v) is 2.47. The molecule has 1 aliphatic heterocycles. The summed E-state index contributed by atoms with van der Waals surface area (Å²) in [7, 11) is 2.00. The summed E-state index contributed by atoms with van der Waals surface area (Å²) in [4.78, 5) is 0. The Bertz CT molecular complexity index is 276. The average Bonchev–Trinajstić information content (AvgIpc) is 2.34. The first-order chi connectivity index (χ1) is 5.70. The number of aliphatic hydroxyl groups is 1. The maximum absolute atomic E-state index is 9.83. The summed E-state index contributed by atoms with van der Waals surface area (Å²) in [5, 5.41) is 12.9. The maximum atomic E-state index is 9.83. The molecule has 1 aromatic heterocycles. The van der Waals surface area contributed by atoms with E-state index in [0.717, 1.165) is 19.5 Å². The average molecular weight is 166 g/mol. The Morgan fingerprint density at radius 3 is 2.83 bits per heavy atom. The van der Waals surface area contributed by atoms with Gasteiger partial charge in [0.2, 0.25) is 0 Å². The van der Waals surface area contributed by atoms with Gasteiger partial charge in [-0.3, -0.25) is 0 Å². The largest absolute Gasteiger partial charge is 0.387 e. The molecule has 0 atom stereocenters. The Hall–Kier alpha value is -0.800. The van der Waals surface area contributed by atoms with Crippen molar-refractivity contribution in [3.05, 3.63) is 24.0 Å². The molecule has 0 amide bonds. The van der Waals surface area contributed by atoms with Gasteiger partial charge in [0.15, 0.2) is 0 Å². The van der Waals surface area contributed by atoms with Gasteiger partial charge in [-0.15, -0.1) is 0 Å². The van der Waals surface area contributed by atoms with Gasteiger partial charge in [-0.05, 0) is 12.1 Å². The fourth-order valence-electron chi connectivity index (χ4n) is 1.56. The molecule has 2 heterocycles. The normalized spacial score (nSPS) is 20.5. The Balaban J connectivity index is 2.08. The monoisotopic (exact) mass is 166 g/mol. The minimum absolute atomic E-state index is 0.494. The molecule has 3 heteroatoms. The fourth-order valence-corrected chi connectivity index (χ4v) is 1.56. The number of rotatable bonds is 2. The van der Waals surface area contributed by atoms with Crippen LogP contribution in [0.3, 0.4) is 0 Å². The molecule has 1 aromatic rings. The molecule has 0 aliphatic carbocycles. The zero-order chi connectivity index (χ0) is 8.60. The van der Waals surface area contributed by atoms with Crippen LogP contribution in [0.1, 0.15) is 5.69 Å².